The highest BCUT2D eigenvalue weighted by Crippen LogP contribution is 2.51. The smallest absolute Gasteiger partial charge is 0.0834 e. The van der Waals surface area contributed by atoms with Crippen molar-refractivity contribution >= 4 is 0 Å². The molecular weight excluding hydrogens is 300 g/mol. The number of fused-ring (bicyclic) bond motifs is 2. The number of hydrogen-bond acceptors (Lipinski definition) is 4. The number of likely N-dealkylation sites (N-methyl/N-ethyl adjacent to an activating group) is 1. The van der Waals surface area contributed by atoms with Gasteiger partial charge in [0.25, 0.3) is 0 Å². The van der Waals surface area contributed by atoms with Gasteiger partial charge in [0.2, 0.25) is 0 Å². The number of aromatic nitrogens is 2. The first-order valence-corrected chi connectivity index (χ1v) is 8.88. The van der Waals surface area contributed by atoms with Crippen LogP contribution >= 0.6 is 0 Å². The minimum Gasteiger partial charge on any atom is -0.390 e. The summed E-state index contributed by atoms with van der Waals surface area (Å²) < 4.78 is 0. The van der Waals surface area contributed by atoms with E-state index in [0.717, 1.165) is 38.9 Å². The second kappa shape index (κ2) is 6.31. The number of H-pyrrole nitrogens is 1. The molecule has 2 atom stereocenters. The number of nitrogens with one attached hydrogen (secondary N) is 2. The summed E-state index contributed by atoms with van der Waals surface area (Å²) in [4.78, 5) is 2.31. The summed E-state index contributed by atoms with van der Waals surface area (Å²) in [7, 11) is 2.13. The van der Waals surface area contributed by atoms with Crippen molar-refractivity contribution in [2.75, 3.05) is 26.7 Å². The summed E-state index contributed by atoms with van der Waals surface area (Å²) in [5.41, 5.74) is 3.79. The summed E-state index contributed by atoms with van der Waals surface area (Å²) in [6.45, 7) is 2.87. The highest BCUT2D eigenvalue weighted by atomic mass is 16.3. The standard InChI is InChI=1S/C19H26N4O/c1-23(11-6-14-12-21-22-13-14)17-15-4-2-3-5-16(15)19(18(17)24)7-9-20-10-8-19/h2-5,12-13,17-18,20,24H,6-11H2,1H3,(H,21,22)/t17-,18+/m1/s1. The third-order valence-electron chi connectivity index (χ3n) is 5.96. The van der Waals surface area contributed by atoms with Crippen molar-refractivity contribution < 1.29 is 5.11 Å². The number of rotatable bonds is 4. The number of benzene rings is 1. The van der Waals surface area contributed by atoms with Gasteiger partial charge in [-0.2, -0.15) is 5.10 Å². The first-order chi connectivity index (χ1) is 11.7. The second-order valence-corrected chi connectivity index (χ2v) is 7.22. The Bertz CT molecular complexity index is 678. The summed E-state index contributed by atoms with van der Waals surface area (Å²) >= 11 is 0. The molecule has 0 radical (unpaired) electrons. The molecule has 2 heterocycles. The van der Waals surface area contributed by atoms with Gasteiger partial charge in [0.15, 0.2) is 0 Å². The molecule has 1 fully saturated rings. The molecule has 1 aliphatic carbocycles. The molecule has 4 rings (SSSR count). The minimum absolute atomic E-state index is 0.0752. The molecule has 128 valence electrons. The number of aromatic amines is 1. The highest BCUT2D eigenvalue weighted by molar-refractivity contribution is 5.45. The average Bonchev–Trinajstić information content (AvgIpc) is 3.21. The molecule has 1 saturated heterocycles. The zero-order valence-electron chi connectivity index (χ0n) is 14.2. The van der Waals surface area contributed by atoms with Crippen molar-refractivity contribution in [2.45, 2.75) is 36.8 Å². The molecule has 0 amide bonds. The quantitative estimate of drug-likeness (QED) is 0.799. The van der Waals surface area contributed by atoms with Crippen molar-refractivity contribution in [1.82, 2.24) is 20.4 Å². The third kappa shape index (κ3) is 2.48. The monoisotopic (exact) mass is 326 g/mol. The Morgan fingerprint density at radius 3 is 2.83 bits per heavy atom. The van der Waals surface area contributed by atoms with Crippen LogP contribution in [0.5, 0.6) is 0 Å². The average molecular weight is 326 g/mol. The summed E-state index contributed by atoms with van der Waals surface area (Å²) in [6, 6.07) is 8.72. The zero-order valence-corrected chi connectivity index (χ0v) is 14.2. The van der Waals surface area contributed by atoms with Crippen LogP contribution in [0.1, 0.15) is 35.6 Å². The molecule has 1 aromatic heterocycles. The van der Waals surface area contributed by atoms with Crippen LogP contribution in [0.15, 0.2) is 36.7 Å². The highest BCUT2D eigenvalue weighted by Gasteiger charge is 2.52. The van der Waals surface area contributed by atoms with Gasteiger partial charge in [-0.15, -0.1) is 0 Å². The second-order valence-electron chi connectivity index (χ2n) is 7.22. The van der Waals surface area contributed by atoms with E-state index in [-0.39, 0.29) is 17.6 Å². The van der Waals surface area contributed by atoms with Gasteiger partial charge in [0, 0.05) is 18.2 Å². The molecular formula is C19H26N4O. The van der Waals surface area contributed by atoms with Crippen LogP contribution in [0.25, 0.3) is 0 Å². The lowest BCUT2D eigenvalue weighted by molar-refractivity contribution is 0.00694. The van der Waals surface area contributed by atoms with E-state index in [9.17, 15) is 5.11 Å². The fourth-order valence-corrected chi connectivity index (χ4v) is 4.62. The van der Waals surface area contributed by atoms with Crippen LogP contribution < -0.4 is 5.32 Å². The maximum Gasteiger partial charge on any atom is 0.0834 e. The van der Waals surface area contributed by atoms with Gasteiger partial charge in [-0.05, 0) is 56.1 Å². The number of nitrogens with zero attached hydrogens (tertiary/aromatic N) is 2. The van der Waals surface area contributed by atoms with Crippen molar-refractivity contribution in [2.24, 2.45) is 0 Å². The van der Waals surface area contributed by atoms with Crippen LogP contribution in [0.3, 0.4) is 0 Å². The van der Waals surface area contributed by atoms with E-state index in [1.54, 1.807) is 0 Å². The van der Waals surface area contributed by atoms with Gasteiger partial charge >= 0.3 is 0 Å². The van der Waals surface area contributed by atoms with Crippen molar-refractivity contribution in [3.63, 3.8) is 0 Å². The Kier molecular flexibility index (Phi) is 4.16. The SMILES string of the molecule is CN(CCc1cn[nH]c1)[C@@H]1c2ccccc2C2(CCNCC2)[C@H]1O. The van der Waals surface area contributed by atoms with E-state index >= 15 is 0 Å². The van der Waals surface area contributed by atoms with E-state index in [4.69, 9.17) is 0 Å². The van der Waals surface area contributed by atoms with E-state index < -0.39 is 0 Å². The van der Waals surface area contributed by atoms with Crippen molar-refractivity contribution in [1.29, 1.82) is 0 Å². The summed E-state index contributed by atoms with van der Waals surface area (Å²) in [5, 5.41) is 21.7. The van der Waals surface area contributed by atoms with Crippen LogP contribution in [-0.4, -0.2) is 53.0 Å². The predicted molar refractivity (Wildman–Crippen MR) is 93.9 cm³/mol. The molecule has 2 aliphatic rings. The normalized spacial score (nSPS) is 25.3. The van der Waals surface area contributed by atoms with Crippen molar-refractivity contribution in [3.8, 4) is 0 Å². The van der Waals surface area contributed by atoms with Crippen LogP contribution in [-0.2, 0) is 11.8 Å². The van der Waals surface area contributed by atoms with Crippen molar-refractivity contribution in [3.05, 3.63) is 53.3 Å². The van der Waals surface area contributed by atoms with Crippen LogP contribution in [0.2, 0.25) is 0 Å². The molecule has 0 bridgehead atoms. The van der Waals surface area contributed by atoms with Gasteiger partial charge in [-0.3, -0.25) is 10.00 Å². The number of aliphatic hydroxyl groups is 1. The Morgan fingerprint density at radius 1 is 1.29 bits per heavy atom. The molecule has 1 aromatic carbocycles. The molecule has 2 aromatic rings. The first kappa shape index (κ1) is 15.8. The molecule has 1 spiro atoms. The van der Waals surface area contributed by atoms with E-state index in [1.165, 1.54) is 16.7 Å². The fourth-order valence-electron chi connectivity index (χ4n) is 4.62. The van der Waals surface area contributed by atoms with Gasteiger partial charge in [0.1, 0.15) is 0 Å². The molecule has 0 saturated carbocycles. The van der Waals surface area contributed by atoms with Gasteiger partial charge in [-0.1, -0.05) is 24.3 Å². The van der Waals surface area contributed by atoms with Gasteiger partial charge < -0.3 is 10.4 Å². The largest absolute Gasteiger partial charge is 0.390 e. The predicted octanol–water partition coefficient (Wildman–Crippen LogP) is 1.62. The summed E-state index contributed by atoms with van der Waals surface area (Å²) in [6.07, 6.45) is 6.44. The molecule has 1 aliphatic heterocycles. The minimum atomic E-state index is -0.341. The number of hydrogen-bond donors (Lipinski definition) is 3. The van der Waals surface area contributed by atoms with E-state index in [2.05, 4.69) is 51.7 Å². The topological polar surface area (TPSA) is 64.2 Å². The Morgan fingerprint density at radius 2 is 2.08 bits per heavy atom. The lowest BCUT2D eigenvalue weighted by Crippen LogP contribution is -2.48. The lowest BCUT2D eigenvalue weighted by Gasteiger charge is -2.40. The van der Waals surface area contributed by atoms with E-state index in [0.29, 0.717) is 0 Å². The van der Waals surface area contributed by atoms with E-state index in [1.807, 2.05) is 12.4 Å². The Hall–Kier alpha value is -1.69. The van der Waals surface area contributed by atoms with Crippen LogP contribution in [0, 0.1) is 0 Å². The summed E-state index contributed by atoms with van der Waals surface area (Å²) in [5.74, 6) is 0. The number of piperidine rings is 1. The molecule has 5 nitrogen and oxygen atoms in total. The fraction of sp³-hybridized carbons (Fsp3) is 0.526. The molecule has 0 unspecified atom stereocenters. The maximum atomic E-state index is 11.3. The molecule has 24 heavy (non-hydrogen) atoms. The number of aliphatic hydroxyl groups excluding tert-OH is 1. The molecule has 5 heteroatoms. The zero-order chi connectivity index (χ0) is 16.6. The third-order valence-corrected chi connectivity index (χ3v) is 5.96. The Balaban J connectivity index is 1.61. The first-order valence-electron chi connectivity index (χ1n) is 8.88. The lowest BCUT2D eigenvalue weighted by atomic mass is 9.72. The molecule has 3 N–H and O–H groups in total. The van der Waals surface area contributed by atoms with Gasteiger partial charge in [0.05, 0.1) is 18.3 Å². The maximum absolute atomic E-state index is 11.3. The van der Waals surface area contributed by atoms with Gasteiger partial charge in [-0.25, -0.2) is 0 Å². The Labute approximate surface area is 143 Å². The van der Waals surface area contributed by atoms with Crippen LogP contribution in [0.4, 0.5) is 0 Å².